The van der Waals surface area contributed by atoms with Gasteiger partial charge in [0.05, 0.1) is 9.90 Å². The van der Waals surface area contributed by atoms with Crippen molar-refractivity contribution in [1.29, 1.82) is 0 Å². The van der Waals surface area contributed by atoms with Crippen LogP contribution in [0.2, 0.25) is 5.02 Å². The fraction of sp³-hybridized carbons (Fsp3) is 0.500. The summed E-state index contributed by atoms with van der Waals surface area (Å²) in [7, 11) is 0. The molecule has 1 aromatic heterocycles. The molecule has 0 spiro atoms. The zero-order valence-corrected chi connectivity index (χ0v) is 8.45. The molecule has 1 unspecified atom stereocenters. The van der Waals surface area contributed by atoms with Crippen molar-refractivity contribution in [1.82, 2.24) is 5.32 Å². The molecule has 1 heterocycles. The molecule has 0 aliphatic carbocycles. The lowest BCUT2D eigenvalue weighted by Crippen LogP contribution is -2.20. The van der Waals surface area contributed by atoms with Gasteiger partial charge in [-0.3, -0.25) is 0 Å². The van der Waals surface area contributed by atoms with Crippen LogP contribution in [0, 0.1) is 0 Å². The third-order valence-corrected chi connectivity index (χ3v) is 2.99. The number of likely N-dealkylation sites (N-methyl/N-ethyl adjacent to an activating group) is 1. The lowest BCUT2D eigenvalue weighted by Gasteiger charge is -2.08. The van der Waals surface area contributed by atoms with Gasteiger partial charge in [-0.2, -0.15) is 0 Å². The molecule has 1 rings (SSSR count). The number of aliphatic hydroxyl groups is 1. The highest BCUT2D eigenvalue weighted by atomic mass is 35.5. The molecule has 0 aliphatic heterocycles. The summed E-state index contributed by atoms with van der Waals surface area (Å²) in [6.07, 6.45) is -0.475. The highest BCUT2D eigenvalue weighted by Gasteiger charge is 2.11. The van der Waals surface area contributed by atoms with Gasteiger partial charge in [0.1, 0.15) is 6.10 Å². The van der Waals surface area contributed by atoms with Gasteiger partial charge in [0.2, 0.25) is 0 Å². The average molecular weight is 206 g/mol. The first-order valence-electron chi connectivity index (χ1n) is 3.87. The maximum atomic E-state index is 9.58. The standard InChI is InChI=1S/C8H12ClNOS/c1-2-10-5-7(11)8-6(9)3-4-12-8/h3-4,7,10-11H,2,5H2,1H3. The first-order valence-corrected chi connectivity index (χ1v) is 5.13. The van der Waals surface area contributed by atoms with Crippen LogP contribution >= 0.6 is 22.9 Å². The number of hydrogen-bond donors (Lipinski definition) is 2. The monoisotopic (exact) mass is 205 g/mol. The lowest BCUT2D eigenvalue weighted by atomic mass is 10.3. The van der Waals surface area contributed by atoms with E-state index in [0.29, 0.717) is 11.6 Å². The smallest absolute Gasteiger partial charge is 0.102 e. The quantitative estimate of drug-likeness (QED) is 0.789. The second-order valence-electron chi connectivity index (χ2n) is 2.46. The van der Waals surface area contributed by atoms with Gasteiger partial charge in [0.25, 0.3) is 0 Å². The second-order valence-corrected chi connectivity index (χ2v) is 3.81. The van der Waals surface area contributed by atoms with E-state index < -0.39 is 6.10 Å². The SMILES string of the molecule is CCNCC(O)c1sccc1Cl. The first kappa shape index (κ1) is 9.99. The molecule has 0 saturated heterocycles. The predicted octanol–water partition coefficient (Wildman–Crippen LogP) is 2.04. The lowest BCUT2D eigenvalue weighted by molar-refractivity contribution is 0.179. The largest absolute Gasteiger partial charge is 0.386 e. The fourth-order valence-corrected chi connectivity index (χ4v) is 2.09. The zero-order chi connectivity index (χ0) is 8.97. The molecule has 2 nitrogen and oxygen atoms in total. The van der Waals surface area contributed by atoms with Crippen molar-refractivity contribution >= 4 is 22.9 Å². The van der Waals surface area contributed by atoms with E-state index in [2.05, 4.69) is 5.32 Å². The maximum Gasteiger partial charge on any atom is 0.102 e. The molecule has 12 heavy (non-hydrogen) atoms. The third-order valence-electron chi connectivity index (χ3n) is 1.54. The van der Waals surface area contributed by atoms with Crippen LogP contribution in [0.4, 0.5) is 0 Å². The van der Waals surface area contributed by atoms with Gasteiger partial charge in [-0.1, -0.05) is 18.5 Å². The minimum Gasteiger partial charge on any atom is -0.386 e. The highest BCUT2D eigenvalue weighted by molar-refractivity contribution is 7.10. The van der Waals surface area contributed by atoms with Gasteiger partial charge in [-0.25, -0.2) is 0 Å². The fourth-order valence-electron chi connectivity index (χ4n) is 0.917. The van der Waals surface area contributed by atoms with E-state index in [1.165, 1.54) is 11.3 Å². The Morgan fingerprint density at radius 2 is 2.50 bits per heavy atom. The zero-order valence-electron chi connectivity index (χ0n) is 6.88. The van der Waals surface area contributed by atoms with Gasteiger partial charge >= 0.3 is 0 Å². The summed E-state index contributed by atoms with van der Waals surface area (Å²) in [5.41, 5.74) is 0. The Morgan fingerprint density at radius 1 is 1.75 bits per heavy atom. The minimum absolute atomic E-state index is 0.475. The molecule has 0 aromatic carbocycles. The van der Waals surface area contributed by atoms with Gasteiger partial charge in [-0.05, 0) is 18.0 Å². The second kappa shape index (κ2) is 4.82. The van der Waals surface area contributed by atoms with Gasteiger partial charge < -0.3 is 10.4 Å². The molecule has 0 amide bonds. The van der Waals surface area contributed by atoms with Crippen LogP contribution in [0.3, 0.4) is 0 Å². The van der Waals surface area contributed by atoms with Crippen LogP contribution in [-0.2, 0) is 0 Å². The van der Waals surface area contributed by atoms with Crippen LogP contribution in [0.5, 0.6) is 0 Å². The highest BCUT2D eigenvalue weighted by Crippen LogP contribution is 2.27. The molecule has 1 aromatic rings. The summed E-state index contributed by atoms with van der Waals surface area (Å²) in [5, 5.41) is 15.2. The van der Waals surface area contributed by atoms with Crippen LogP contribution in [0.1, 0.15) is 17.9 Å². The number of thiophene rings is 1. The molecular weight excluding hydrogens is 194 g/mol. The van der Waals surface area contributed by atoms with E-state index in [9.17, 15) is 5.11 Å². The third kappa shape index (κ3) is 2.45. The number of rotatable bonds is 4. The Balaban J connectivity index is 2.52. The minimum atomic E-state index is -0.475. The number of halogens is 1. The Kier molecular flexibility index (Phi) is 4.01. The summed E-state index contributed by atoms with van der Waals surface area (Å²) in [5.74, 6) is 0. The van der Waals surface area contributed by atoms with Crippen LogP contribution < -0.4 is 5.32 Å². The summed E-state index contributed by atoms with van der Waals surface area (Å²) in [6.45, 7) is 3.43. The maximum absolute atomic E-state index is 9.58. The molecule has 0 aliphatic rings. The number of nitrogens with one attached hydrogen (secondary N) is 1. The Hall–Kier alpha value is -0.0900. The van der Waals surface area contributed by atoms with Crippen molar-refractivity contribution in [2.75, 3.05) is 13.1 Å². The Morgan fingerprint density at radius 3 is 3.00 bits per heavy atom. The molecule has 1 atom stereocenters. The molecule has 0 bridgehead atoms. The van der Waals surface area contributed by atoms with Gasteiger partial charge in [-0.15, -0.1) is 11.3 Å². The van der Waals surface area contributed by atoms with Crippen molar-refractivity contribution in [3.05, 3.63) is 21.3 Å². The number of hydrogen-bond acceptors (Lipinski definition) is 3. The normalized spacial score (nSPS) is 13.2. The van der Waals surface area contributed by atoms with E-state index in [0.717, 1.165) is 11.4 Å². The van der Waals surface area contributed by atoms with Crippen LogP contribution in [0.25, 0.3) is 0 Å². The number of aliphatic hydroxyl groups excluding tert-OH is 1. The van der Waals surface area contributed by atoms with Crippen LogP contribution in [0.15, 0.2) is 11.4 Å². The molecule has 68 valence electrons. The molecular formula is C8H12ClNOS. The van der Waals surface area contributed by atoms with E-state index >= 15 is 0 Å². The molecule has 0 saturated carbocycles. The summed E-state index contributed by atoms with van der Waals surface area (Å²) in [4.78, 5) is 0.845. The summed E-state index contributed by atoms with van der Waals surface area (Å²) in [6, 6.07) is 1.80. The summed E-state index contributed by atoms with van der Waals surface area (Å²) >= 11 is 7.32. The van der Waals surface area contributed by atoms with Gasteiger partial charge in [0.15, 0.2) is 0 Å². The van der Waals surface area contributed by atoms with E-state index in [1.807, 2.05) is 12.3 Å². The topological polar surface area (TPSA) is 32.3 Å². The Labute approximate surface area is 81.2 Å². The first-order chi connectivity index (χ1) is 5.75. The van der Waals surface area contributed by atoms with Crippen molar-refractivity contribution in [2.45, 2.75) is 13.0 Å². The average Bonchev–Trinajstić information content (AvgIpc) is 2.47. The molecule has 0 radical (unpaired) electrons. The van der Waals surface area contributed by atoms with Crippen molar-refractivity contribution < 1.29 is 5.11 Å². The van der Waals surface area contributed by atoms with E-state index in [-0.39, 0.29) is 0 Å². The molecule has 0 fully saturated rings. The Bertz CT molecular complexity index is 239. The van der Waals surface area contributed by atoms with Crippen molar-refractivity contribution in [3.8, 4) is 0 Å². The van der Waals surface area contributed by atoms with Crippen LogP contribution in [-0.4, -0.2) is 18.2 Å². The summed E-state index contributed by atoms with van der Waals surface area (Å²) < 4.78 is 0. The molecule has 2 N–H and O–H groups in total. The van der Waals surface area contributed by atoms with Crippen molar-refractivity contribution in [2.24, 2.45) is 0 Å². The van der Waals surface area contributed by atoms with Crippen molar-refractivity contribution in [3.63, 3.8) is 0 Å². The molecule has 4 heteroatoms. The van der Waals surface area contributed by atoms with Gasteiger partial charge in [0, 0.05) is 6.54 Å². The predicted molar refractivity (Wildman–Crippen MR) is 52.8 cm³/mol. The van der Waals surface area contributed by atoms with E-state index in [4.69, 9.17) is 11.6 Å². The van der Waals surface area contributed by atoms with E-state index in [1.54, 1.807) is 6.07 Å².